The van der Waals surface area contributed by atoms with E-state index in [4.69, 9.17) is 0 Å². The zero-order valence-corrected chi connectivity index (χ0v) is 16.4. The summed E-state index contributed by atoms with van der Waals surface area (Å²) in [5, 5.41) is 16.0. The first-order valence-electron chi connectivity index (χ1n) is 9.69. The van der Waals surface area contributed by atoms with Gasteiger partial charge in [-0.1, -0.05) is 18.2 Å². The van der Waals surface area contributed by atoms with Crippen molar-refractivity contribution in [1.29, 1.82) is 5.26 Å². The van der Waals surface area contributed by atoms with Crippen LogP contribution in [0.25, 0.3) is 11.3 Å². The Labute approximate surface area is 165 Å². The largest absolute Gasteiger partial charge is 0.352 e. The van der Waals surface area contributed by atoms with Crippen LogP contribution in [0.1, 0.15) is 12.5 Å². The van der Waals surface area contributed by atoms with Crippen LogP contribution in [0.5, 0.6) is 0 Å². The highest BCUT2D eigenvalue weighted by molar-refractivity contribution is 5.85. The van der Waals surface area contributed by atoms with Crippen LogP contribution in [-0.2, 0) is 0 Å². The van der Waals surface area contributed by atoms with Crippen molar-refractivity contribution in [2.75, 3.05) is 51.2 Å². The van der Waals surface area contributed by atoms with E-state index < -0.39 is 0 Å². The Kier molecular flexibility index (Phi) is 5.22. The van der Waals surface area contributed by atoms with Crippen LogP contribution in [0.4, 0.5) is 5.82 Å². The van der Waals surface area contributed by atoms with Gasteiger partial charge in [0.2, 0.25) is 0 Å². The minimum absolute atomic E-state index is 0.520. The molecule has 4 rings (SSSR count). The van der Waals surface area contributed by atoms with Gasteiger partial charge < -0.3 is 4.90 Å². The number of aromatic nitrogens is 2. The summed E-state index contributed by atoms with van der Waals surface area (Å²) in [6.45, 7) is 7.97. The zero-order valence-electron chi connectivity index (χ0n) is 16.4. The maximum atomic E-state index is 9.46. The molecule has 2 aliphatic rings. The van der Waals surface area contributed by atoms with E-state index in [1.165, 1.54) is 5.71 Å². The minimum atomic E-state index is 0.520. The summed E-state index contributed by atoms with van der Waals surface area (Å²) >= 11 is 0. The molecule has 0 N–H and O–H groups in total. The van der Waals surface area contributed by atoms with E-state index in [2.05, 4.69) is 37.9 Å². The first kappa shape index (κ1) is 18.4. The van der Waals surface area contributed by atoms with Crippen LogP contribution >= 0.6 is 0 Å². The molecule has 1 atom stereocenters. The topological polar surface area (TPSA) is 71.7 Å². The van der Waals surface area contributed by atoms with E-state index in [0.29, 0.717) is 11.5 Å². The molecule has 0 spiro atoms. The second kappa shape index (κ2) is 7.95. The number of rotatable bonds is 4. The van der Waals surface area contributed by atoms with Gasteiger partial charge in [0.1, 0.15) is 5.69 Å². The smallest absolute Gasteiger partial charge is 0.155 e. The zero-order chi connectivity index (χ0) is 19.5. The van der Waals surface area contributed by atoms with Crippen LogP contribution in [0, 0.1) is 17.2 Å². The van der Waals surface area contributed by atoms with E-state index in [-0.39, 0.29) is 0 Å². The quantitative estimate of drug-likeness (QED) is 0.815. The lowest BCUT2D eigenvalue weighted by atomic mass is 10.0. The molecule has 2 aliphatic heterocycles. The fraction of sp³-hybridized carbons (Fsp3) is 0.429. The molecule has 0 saturated carbocycles. The van der Waals surface area contributed by atoms with Gasteiger partial charge in [-0.3, -0.25) is 14.9 Å². The normalized spacial score (nSPS) is 20.2. The maximum absolute atomic E-state index is 9.46. The van der Waals surface area contributed by atoms with Gasteiger partial charge in [-0.2, -0.15) is 10.4 Å². The van der Waals surface area contributed by atoms with Crippen LogP contribution in [0.15, 0.2) is 41.8 Å². The summed E-state index contributed by atoms with van der Waals surface area (Å²) in [6, 6.07) is 9.86. The van der Waals surface area contributed by atoms with E-state index in [1.54, 1.807) is 12.4 Å². The van der Waals surface area contributed by atoms with Gasteiger partial charge in [0.25, 0.3) is 0 Å². The number of nitriles is 1. The number of piperazine rings is 1. The Morgan fingerprint density at radius 3 is 2.57 bits per heavy atom. The molecule has 1 aromatic heterocycles. The Balaban J connectivity index is 1.47. The summed E-state index contributed by atoms with van der Waals surface area (Å²) in [5.74, 6) is 1.38. The highest BCUT2D eigenvalue weighted by atomic mass is 15.5. The molecule has 1 fully saturated rings. The average Bonchev–Trinajstić information content (AvgIpc) is 3.05. The molecule has 0 bridgehead atoms. The third-order valence-electron chi connectivity index (χ3n) is 5.54. The highest BCUT2D eigenvalue weighted by Gasteiger charge is 2.27. The molecule has 1 aromatic carbocycles. The fourth-order valence-corrected chi connectivity index (χ4v) is 4.03. The van der Waals surface area contributed by atoms with Gasteiger partial charge in [-0.05, 0) is 13.0 Å². The molecular weight excluding hydrogens is 350 g/mol. The van der Waals surface area contributed by atoms with E-state index in [1.807, 2.05) is 36.3 Å². The molecule has 1 unspecified atom stereocenters. The summed E-state index contributed by atoms with van der Waals surface area (Å²) in [4.78, 5) is 14.0. The number of benzene rings is 1. The second-order valence-electron chi connectivity index (χ2n) is 7.45. The van der Waals surface area contributed by atoms with Crippen molar-refractivity contribution < 1.29 is 0 Å². The minimum Gasteiger partial charge on any atom is -0.352 e. The van der Waals surface area contributed by atoms with Gasteiger partial charge in [-0.15, -0.1) is 0 Å². The maximum Gasteiger partial charge on any atom is 0.155 e. The molecule has 7 heteroatoms. The van der Waals surface area contributed by atoms with Crippen LogP contribution in [-0.4, -0.2) is 71.9 Å². The summed E-state index contributed by atoms with van der Waals surface area (Å²) < 4.78 is 0. The molecule has 0 aliphatic carbocycles. The van der Waals surface area contributed by atoms with Crippen molar-refractivity contribution in [3.63, 3.8) is 0 Å². The van der Waals surface area contributed by atoms with Gasteiger partial charge in [0, 0.05) is 75.9 Å². The lowest BCUT2D eigenvalue weighted by Crippen LogP contribution is -2.49. The van der Waals surface area contributed by atoms with Crippen molar-refractivity contribution >= 4 is 11.5 Å². The third kappa shape index (κ3) is 3.69. The van der Waals surface area contributed by atoms with Gasteiger partial charge >= 0.3 is 0 Å². The molecule has 0 amide bonds. The Hall–Kier alpha value is -2.98. The SMILES string of the molecule is CC1=NN(C)CC1CN1CCN(c2nccnc2-c2ccccc2C#N)CC1. The van der Waals surface area contributed by atoms with Crippen LogP contribution in [0.3, 0.4) is 0 Å². The van der Waals surface area contributed by atoms with Crippen LogP contribution in [0.2, 0.25) is 0 Å². The van der Waals surface area contributed by atoms with E-state index in [9.17, 15) is 5.26 Å². The predicted molar refractivity (Wildman–Crippen MR) is 110 cm³/mol. The molecule has 3 heterocycles. The van der Waals surface area contributed by atoms with Crippen molar-refractivity contribution in [3.05, 3.63) is 42.2 Å². The highest BCUT2D eigenvalue weighted by Crippen LogP contribution is 2.29. The fourth-order valence-electron chi connectivity index (χ4n) is 4.03. The monoisotopic (exact) mass is 375 g/mol. The Morgan fingerprint density at radius 2 is 1.86 bits per heavy atom. The second-order valence-corrected chi connectivity index (χ2v) is 7.45. The lowest BCUT2D eigenvalue weighted by Gasteiger charge is -2.37. The molecule has 0 radical (unpaired) electrons. The molecule has 7 nitrogen and oxygen atoms in total. The van der Waals surface area contributed by atoms with Crippen molar-refractivity contribution in [1.82, 2.24) is 19.9 Å². The Morgan fingerprint density at radius 1 is 1.11 bits per heavy atom. The average molecular weight is 375 g/mol. The van der Waals surface area contributed by atoms with Gasteiger partial charge in [0.15, 0.2) is 5.82 Å². The first-order chi connectivity index (χ1) is 13.7. The lowest BCUT2D eigenvalue weighted by molar-refractivity contribution is 0.226. The molecule has 28 heavy (non-hydrogen) atoms. The first-order valence-corrected chi connectivity index (χ1v) is 9.69. The van der Waals surface area contributed by atoms with Crippen molar-refractivity contribution in [2.45, 2.75) is 6.92 Å². The predicted octanol–water partition coefficient (Wildman–Crippen LogP) is 2.07. The Bertz CT molecular complexity index is 909. The standard InChI is InChI=1S/C21H25N7/c1-16-18(14-26(2)25-16)15-27-9-11-28(12-10-27)21-20(23-7-8-24-21)19-6-4-3-5-17(19)13-22/h3-8,18H,9-12,14-15H2,1-2H3. The van der Waals surface area contributed by atoms with E-state index in [0.717, 1.165) is 56.3 Å². The van der Waals surface area contributed by atoms with Gasteiger partial charge in [-0.25, -0.2) is 4.98 Å². The number of hydrazone groups is 1. The molecule has 144 valence electrons. The van der Waals surface area contributed by atoms with Crippen molar-refractivity contribution in [2.24, 2.45) is 11.0 Å². The number of hydrogen-bond acceptors (Lipinski definition) is 7. The van der Waals surface area contributed by atoms with Crippen LogP contribution < -0.4 is 4.90 Å². The molecule has 2 aromatic rings. The number of hydrogen-bond donors (Lipinski definition) is 0. The van der Waals surface area contributed by atoms with Gasteiger partial charge in [0.05, 0.1) is 11.6 Å². The third-order valence-corrected chi connectivity index (χ3v) is 5.54. The summed E-state index contributed by atoms with van der Waals surface area (Å²) in [6.07, 6.45) is 3.43. The summed E-state index contributed by atoms with van der Waals surface area (Å²) in [5.41, 5.74) is 3.49. The summed E-state index contributed by atoms with van der Waals surface area (Å²) in [7, 11) is 2.04. The number of nitrogens with zero attached hydrogens (tertiary/aromatic N) is 7. The van der Waals surface area contributed by atoms with E-state index >= 15 is 0 Å². The molecular formula is C21H25N7. The van der Waals surface area contributed by atoms with Crippen molar-refractivity contribution in [3.8, 4) is 17.3 Å². The molecule has 1 saturated heterocycles. The number of anilines is 1.